The van der Waals surface area contributed by atoms with Crippen LogP contribution in [0.2, 0.25) is 0 Å². The number of likely N-dealkylation sites (tertiary alicyclic amines) is 2. The van der Waals surface area contributed by atoms with Gasteiger partial charge in [0, 0.05) is 38.0 Å². The Balaban J connectivity index is 1.55. The Hall–Kier alpha value is -2.04. The third-order valence-electron chi connectivity index (χ3n) is 6.86. The highest BCUT2D eigenvalue weighted by molar-refractivity contribution is 5.84. The van der Waals surface area contributed by atoms with E-state index in [1.807, 2.05) is 21.9 Å². The summed E-state index contributed by atoms with van der Waals surface area (Å²) in [6, 6.07) is 8.03. The normalized spacial score (nSPS) is 25.9. The minimum atomic E-state index is -0.128. The van der Waals surface area contributed by atoms with Crippen molar-refractivity contribution in [1.29, 1.82) is 0 Å². The highest BCUT2D eigenvalue weighted by atomic mass is 16.5. The van der Waals surface area contributed by atoms with Gasteiger partial charge in [-0.25, -0.2) is 0 Å². The first-order chi connectivity index (χ1) is 13.7. The summed E-state index contributed by atoms with van der Waals surface area (Å²) in [4.78, 5) is 30.4. The second-order valence-electron chi connectivity index (χ2n) is 8.60. The molecule has 2 aliphatic heterocycles. The van der Waals surface area contributed by atoms with Crippen LogP contribution < -0.4 is 4.74 Å². The van der Waals surface area contributed by atoms with E-state index in [9.17, 15) is 9.59 Å². The highest BCUT2D eigenvalue weighted by Gasteiger charge is 2.43. The number of methoxy groups -OCH3 is 1. The Morgan fingerprint density at radius 1 is 0.857 bits per heavy atom. The third kappa shape index (κ3) is 3.89. The number of rotatable bonds is 4. The molecule has 2 saturated heterocycles. The Kier molecular flexibility index (Phi) is 5.88. The Morgan fingerprint density at radius 2 is 1.54 bits per heavy atom. The standard InChI is InChI=1S/C23H32N2O3/c1-28-19-11-9-17(10-12-19)20-15-25(22(26)18-7-3-4-8-18)16-21(20)23(27)24-13-5-2-6-14-24/h9-12,18,20-21H,2-8,13-16H2,1H3/t20-,21-/m1/s1. The fraction of sp³-hybridized carbons (Fsp3) is 0.652. The largest absolute Gasteiger partial charge is 0.497 e. The fourth-order valence-corrected chi connectivity index (χ4v) is 5.20. The second kappa shape index (κ2) is 8.54. The summed E-state index contributed by atoms with van der Waals surface area (Å²) in [5, 5.41) is 0. The molecule has 0 spiro atoms. The molecule has 1 aromatic rings. The lowest BCUT2D eigenvalue weighted by Gasteiger charge is -2.31. The van der Waals surface area contributed by atoms with E-state index in [4.69, 9.17) is 4.74 Å². The number of benzene rings is 1. The molecular formula is C23H32N2O3. The predicted octanol–water partition coefficient (Wildman–Crippen LogP) is 3.44. The van der Waals surface area contributed by atoms with E-state index in [2.05, 4.69) is 12.1 Å². The Labute approximate surface area is 168 Å². The molecular weight excluding hydrogens is 352 g/mol. The molecule has 28 heavy (non-hydrogen) atoms. The molecule has 2 amide bonds. The van der Waals surface area contributed by atoms with E-state index in [-0.39, 0.29) is 29.6 Å². The number of hydrogen-bond acceptors (Lipinski definition) is 3. The SMILES string of the molecule is COc1ccc([C@H]2CN(C(=O)C3CCCC3)C[C@H]2C(=O)N2CCCCC2)cc1. The topological polar surface area (TPSA) is 49.9 Å². The quantitative estimate of drug-likeness (QED) is 0.799. The van der Waals surface area contributed by atoms with Gasteiger partial charge in [0.15, 0.2) is 0 Å². The van der Waals surface area contributed by atoms with Crippen LogP contribution in [0.15, 0.2) is 24.3 Å². The number of piperidine rings is 1. The number of amides is 2. The van der Waals surface area contributed by atoms with Crippen LogP contribution in [0.5, 0.6) is 5.75 Å². The predicted molar refractivity (Wildman–Crippen MR) is 108 cm³/mol. The summed E-state index contributed by atoms with van der Waals surface area (Å²) in [6.45, 7) is 2.95. The van der Waals surface area contributed by atoms with Crippen molar-refractivity contribution >= 4 is 11.8 Å². The van der Waals surface area contributed by atoms with Crippen molar-refractivity contribution < 1.29 is 14.3 Å². The van der Waals surface area contributed by atoms with Gasteiger partial charge in [-0.1, -0.05) is 25.0 Å². The molecule has 5 heteroatoms. The number of hydrogen-bond donors (Lipinski definition) is 0. The van der Waals surface area contributed by atoms with Crippen LogP contribution in [0.3, 0.4) is 0 Å². The second-order valence-corrected chi connectivity index (χ2v) is 8.60. The van der Waals surface area contributed by atoms with Gasteiger partial charge in [0.2, 0.25) is 11.8 Å². The first-order valence-electron chi connectivity index (χ1n) is 10.9. The first-order valence-corrected chi connectivity index (χ1v) is 10.9. The van der Waals surface area contributed by atoms with Crippen LogP contribution in [0.1, 0.15) is 56.4 Å². The van der Waals surface area contributed by atoms with Crippen molar-refractivity contribution in [3.8, 4) is 5.75 Å². The minimum Gasteiger partial charge on any atom is -0.497 e. The van der Waals surface area contributed by atoms with Gasteiger partial charge in [-0.15, -0.1) is 0 Å². The van der Waals surface area contributed by atoms with Gasteiger partial charge in [0.1, 0.15) is 5.75 Å². The van der Waals surface area contributed by atoms with E-state index >= 15 is 0 Å². The summed E-state index contributed by atoms with van der Waals surface area (Å²) in [7, 11) is 1.66. The first kappa shape index (κ1) is 19.3. The van der Waals surface area contributed by atoms with E-state index in [0.29, 0.717) is 13.1 Å². The molecule has 1 aliphatic carbocycles. The lowest BCUT2D eigenvalue weighted by atomic mass is 9.87. The van der Waals surface area contributed by atoms with Crippen molar-refractivity contribution in [3.63, 3.8) is 0 Å². The molecule has 0 N–H and O–H groups in total. The van der Waals surface area contributed by atoms with Crippen LogP contribution in [-0.4, -0.2) is 54.9 Å². The zero-order valence-electron chi connectivity index (χ0n) is 16.9. The molecule has 2 atom stereocenters. The maximum atomic E-state index is 13.4. The maximum absolute atomic E-state index is 13.4. The molecule has 4 rings (SSSR count). The zero-order chi connectivity index (χ0) is 19.5. The van der Waals surface area contributed by atoms with Gasteiger partial charge in [-0.2, -0.15) is 0 Å². The Morgan fingerprint density at radius 3 is 2.18 bits per heavy atom. The molecule has 3 fully saturated rings. The summed E-state index contributed by atoms with van der Waals surface area (Å²) >= 11 is 0. The zero-order valence-corrected chi connectivity index (χ0v) is 16.9. The molecule has 0 aromatic heterocycles. The molecule has 1 saturated carbocycles. The van der Waals surface area contributed by atoms with Gasteiger partial charge < -0.3 is 14.5 Å². The number of carbonyl (C=O) groups excluding carboxylic acids is 2. The van der Waals surface area contributed by atoms with Crippen molar-refractivity contribution in [3.05, 3.63) is 29.8 Å². The molecule has 5 nitrogen and oxygen atoms in total. The maximum Gasteiger partial charge on any atom is 0.228 e. The highest BCUT2D eigenvalue weighted by Crippen LogP contribution is 2.37. The minimum absolute atomic E-state index is 0.0747. The Bertz CT molecular complexity index is 690. The van der Waals surface area contributed by atoms with Gasteiger partial charge in [-0.3, -0.25) is 9.59 Å². The summed E-state index contributed by atoms with van der Waals surface area (Å²) in [5.74, 6) is 1.44. The molecule has 1 aromatic carbocycles. The molecule has 3 aliphatic rings. The van der Waals surface area contributed by atoms with Crippen LogP contribution in [0, 0.1) is 11.8 Å². The summed E-state index contributed by atoms with van der Waals surface area (Å²) in [5.41, 5.74) is 1.14. The van der Waals surface area contributed by atoms with Crippen molar-refractivity contribution in [2.45, 2.75) is 50.9 Å². The van der Waals surface area contributed by atoms with E-state index < -0.39 is 0 Å². The lowest BCUT2D eigenvalue weighted by Crippen LogP contribution is -2.42. The average Bonchev–Trinajstić information content (AvgIpc) is 3.44. The van der Waals surface area contributed by atoms with Crippen molar-refractivity contribution in [2.75, 3.05) is 33.3 Å². The summed E-state index contributed by atoms with van der Waals surface area (Å²) in [6.07, 6.45) is 7.72. The van der Waals surface area contributed by atoms with Crippen LogP contribution >= 0.6 is 0 Å². The fourth-order valence-electron chi connectivity index (χ4n) is 5.20. The molecule has 0 unspecified atom stereocenters. The van der Waals surface area contributed by atoms with Crippen molar-refractivity contribution in [2.24, 2.45) is 11.8 Å². The molecule has 152 valence electrons. The van der Waals surface area contributed by atoms with Gasteiger partial charge in [0.05, 0.1) is 13.0 Å². The van der Waals surface area contributed by atoms with E-state index in [0.717, 1.165) is 62.9 Å². The van der Waals surface area contributed by atoms with Crippen LogP contribution in [0.25, 0.3) is 0 Å². The summed E-state index contributed by atoms with van der Waals surface area (Å²) < 4.78 is 5.29. The molecule has 2 heterocycles. The van der Waals surface area contributed by atoms with E-state index in [1.165, 1.54) is 6.42 Å². The lowest BCUT2D eigenvalue weighted by molar-refractivity contribution is -0.137. The molecule has 0 radical (unpaired) electrons. The monoisotopic (exact) mass is 384 g/mol. The number of nitrogens with zero attached hydrogens (tertiary/aromatic N) is 2. The van der Waals surface area contributed by atoms with E-state index in [1.54, 1.807) is 7.11 Å². The third-order valence-corrected chi connectivity index (χ3v) is 6.86. The van der Waals surface area contributed by atoms with Gasteiger partial charge >= 0.3 is 0 Å². The number of carbonyl (C=O) groups is 2. The van der Waals surface area contributed by atoms with Crippen LogP contribution in [-0.2, 0) is 9.59 Å². The van der Waals surface area contributed by atoms with Crippen LogP contribution in [0.4, 0.5) is 0 Å². The van der Waals surface area contributed by atoms with Gasteiger partial charge in [-0.05, 0) is 49.8 Å². The molecule has 0 bridgehead atoms. The number of ether oxygens (including phenoxy) is 1. The smallest absolute Gasteiger partial charge is 0.228 e. The average molecular weight is 385 g/mol. The van der Waals surface area contributed by atoms with Crippen molar-refractivity contribution in [1.82, 2.24) is 9.80 Å². The van der Waals surface area contributed by atoms with Gasteiger partial charge in [0.25, 0.3) is 0 Å².